The van der Waals surface area contributed by atoms with Crippen LogP contribution >= 0.6 is 15.9 Å². The highest BCUT2D eigenvalue weighted by molar-refractivity contribution is 9.10. The molecule has 1 fully saturated rings. The van der Waals surface area contributed by atoms with Crippen molar-refractivity contribution in [3.8, 4) is 5.69 Å². The van der Waals surface area contributed by atoms with Crippen LogP contribution in [0.2, 0.25) is 0 Å². The first-order valence-electron chi connectivity index (χ1n) is 12.1. The van der Waals surface area contributed by atoms with Crippen LogP contribution in [-0.4, -0.2) is 44.4 Å². The van der Waals surface area contributed by atoms with E-state index >= 15 is 0 Å². The molecule has 8 nitrogen and oxygen atoms in total. The average Bonchev–Trinajstić information content (AvgIpc) is 3.60. The van der Waals surface area contributed by atoms with E-state index in [1.807, 2.05) is 37.4 Å². The molecule has 0 saturated heterocycles. The van der Waals surface area contributed by atoms with Crippen LogP contribution < -0.4 is 0 Å². The van der Waals surface area contributed by atoms with E-state index in [9.17, 15) is 9.59 Å². The standard InChI is InChI=1S/C27H27BrN4O4/c1-3-23(33)36-27(11-12-27)26(34)35-14-6-8-21-25-30-16-17(2)32(25)22-10-9-18(28)15-19(22)24(31-21)20-7-4-5-13-29-20/h4-5,7,9-10,13,15-16,21H,3,6,8,11-12,14H2,1-2H3/t21-/m0/s1. The molecule has 2 aliphatic rings. The van der Waals surface area contributed by atoms with Crippen LogP contribution in [-0.2, 0) is 19.1 Å². The Morgan fingerprint density at radius 2 is 2.03 bits per heavy atom. The monoisotopic (exact) mass is 550 g/mol. The number of hydrogen-bond donors (Lipinski definition) is 0. The third-order valence-corrected chi connectivity index (χ3v) is 6.93. The third-order valence-electron chi connectivity index (χ3n) is 6.44. The van der Waals surface area contributed by atoms with Crippen LogP contribution in [0.5, 0.6) is 0 Å². The zero-order chi connectivity index (χ0) is 25.3. The Balaban J connectivity index is 1.39. The van der Waals surface area contributed by atoms with Crippen molar-refractivity contribution in [2.45, 2.75) is 57.6 Å². The summed E-state index contributed by atoms with van der Waals surface area (Å²) in [7, 11) is 0. The quantitative estimate of drug-likeness (QED) is 0.288. The molecule has 3 heterocycles. The lowest BCUT2D eigenvalue weighted by molar-refractivity contribution is -0.171. The molecule has 0 amide bonds. The van der Waals surface area contributed by atoms with Gasteiger partial charge in [-0.3, -0.25) is 19.3 Å². The summed E-state index contributed by atoms with van der Waals surface area (Å²) in [5.74, 6) is -0.00554. The van der Waals surface area contributed by atoms with Crippen LogP contribution in [0, 0.1) is 6.92 Å². The number of nitrogens with zero attached hydrogens (tertiary/aromatic N) is 4. The number of fused-ring (bicyclic) bond motifs is 3. The number of halogens is 1. The van der Waals surface area contributed by atoms with Gasteiger partial charge in [-0.2, -0.15) is 0 Å². The van der Waals surface area contributed by atoms with E-state index in [4.69, 9.17) is 19.5 Å². The van der Waals surface area contributed by atoms with Crippen molar-refractivity contribution in [1.82, 2.24) is 14.5 Å². The lowest BCUT2D eigenvalue weighted by atomic mass is 10.0. The molecule has 2 aromatic heterocycles. The largest absolute Gasteiger partial charge is 0.463 e. The molecule has 9 heteroatoms. The fourth-order valence-corrected chi connectivity index (χ4v) is 4.77. The van der Waals surface area contributed by atoms with E-state index in [1.54, 1.807) is 13.1 Å². The average molecular weight is 551 g/mol. The number of hydrogen-bond acceptors (Lipinski definition) is 7. The molecule has 0 spiro atoms. The minimum atomic E-state index is -1.08. The van der Waals surface area contributed by atoms with E-state index in [-0.39, 0.29) is 25.0 Å². The molecule has 5 rings (SSSR count). The second-order valence-corrected chi connectivity index (χ2v) is 9.98. The number of pyridine rings is 1. The maximum atomic E-state index is 12.5. The fourth-order valence-electron chi connectivity index (χ4n) is 4.41. The molecular formula is C27H27BrN4O4. The van der Waals surface area contributed by atoms with Crippen LogP contribution in [0.15, 0.2) is 58.3 Å². The number of aryl methyl sites for hydroxylation is 1. The van der Waals surface area contributed by atoms with Crippen LogP contribution in [0.1, 0.15) is 67.8 Å². The van der Waals surface area contributed by atoms with E-state index in [0.717, 1.165) is 38.6 Å². The van der Waals surface area contributed by atoms with Gasteiger partial charge in [0.05, 0.1) is 23.7 Å². The molecule has 0 N–H and O–H groups in total. The molecule has 1 aliphatic heterocycles. The number of rotatable bonds is 8. The number of benzene rings is 1. The van der Waals surface area contributed by atoms with Gasteiger partial charge in [-0.15, -0.1) is 0 Å². The Labute approximate surface area is 217 Å². The van der Waals surface area contributed by atoms with Gasteiger partial charge in [-0.25, -0.2) is 9.78 Å². The Morgan fingerprint density at radius 1 is 1.19 bits per heavy atom. The normalized spacial score (nSPS) is 17.3. The SMILES string of the molecule is CCC(=O)OC1(C(=O)OCCC[C@@H]2N=C(c3ccccn3)c3cc(Br)ccc3-n3c(C)cnc32)CC1. The van der Waals surface area contributed by atoms with Crippen LogP contribution in [0.3, 0.4) is 0 Å². The molecule has 1 aromatic carbocycles. The highest BCUT2D eigenvalue weighted by atomic mass is 79.9. The Bertz CT molecular complexity index is 1330. The number of esters is 2. The topological polar surface area (TPSA) is 95.7 Å². The number of carbonyl (C=O) groups is 2. The lowest BCUT2D eigenvalue weighted by Crippen LogP contribution is -2.31. The maximum Gasteiger partial charge on any atom is 0.350 e. The van der Waals surface area contributed by atoms with Gasteiger partial charge in [0, 0.05) is 47.4 Å². The molecule has 0 radical (unpaired) electrons. The molecule has 1 atom stereocenters. The fraction of sp³-hybridized carbons (Fsp3) is 0.370. The molecule has 3 aromatic rings. The Hall–Kier alpha value is -3.33. The second-order valence-electron chi connectivity index (χ2n) is 9.06. The molecule has 1 aliphatic carbocycles. The van der Waals surface area contributed by atoms with Crippen molar-refractivity contribution in [1.29, 1.82) is 0 Å². The Kier molecular flexibility index (Phi) is 6.75. The lowest BCUT2D eigenvalue weighted by Gasteiger charge is -2.16. The summed E-state index contributed by atoms with van der Waals surface area (Å²) in [5, 5.41) is 0. The van der Waals surface area contributed by atoms with Gasteiger partial charge >= 0.3 is 11.9 Å². The summed E-state index contributed by atoms with van der Waals surface area (Å²) in [6.07, 6.45) is 6.09. The molecule has 1 saturated carbocycles. The second kappa shape index (κ2) is 9.97. The number of aliphatic imine (C=N–C) groups is 1. The van der Waals surface area contributed by atoms with Gasteiger partial charge in [0.2, 0.25) is 5.60 Å². The van der Waals surface area contributed by atoms with Crippen molar-refractivity contribution in [2.24, 2.45) is 4.99 Å². The molecule has 0 bridgehead atoms. The highest BCUT2D eigenvalue weighted by Crippen LogP contribution is 2.41. The van der Waals surface area contributed by atoms with Gasteiger partial charge in [0.15, 0.2) is 0 Å². The van der Waals surface area contributed by atoms with Gasteiger partial charge < -0.3 is 9.47 Å². The minimum Gasteiger partial charge on any atom is -0.463 e. The predicted octanol–water partition coefficient (Wildman–Crippen LogP) is 5.04. The number of imidazole rings is 1. The van der Waals surface area contributed by atoms with Crippen LogP contribution in [0.25, 0.3) is 5.69 Å². The molecule has 0 unspecified atom stereocenters. The van der Waals surface area contributed by atoms with E-state index < -0.39 is 11.6 Å². The van der Waals surface area contributed by atoms with Gasteiger partial charge in [-0.1, -0.05) is 28.9 Å². The highest BCUT2D eigenvalue weighted by Gasteiger charge is 2.55. The van der Waals surface area contributed by atoms with Gasteiger partial charge in [0.25, 0.3) is 0 Å². The van der Waals surface area contributed by atoms with E-state index in [0.29, 0.717) is 25.7 Å². The van der Waals surface area contributed by atoms with Gasteiger partial charge in [-0.05, 0) is 50.1 Å². The first-order chi connectivity index (χ1) is 17.4. The summed E-state index contributed by atoms with van der Waals surface area (Å²) >= 11 is 3.61. The summed E-state index contributed by atoms with van der Waals surface area (Å²) in [6.45, 7) is 3.95. The zero-order valence-electron chi connectivity index (χ0n) is 20.2. The van der Waals surface area contributed by atoms with Gasteiger partial charge in [0.1, 0.15) is 11.9 Å². The molecule has 36 heavy (non-hydrogen) atoms. The van der Waals surface area contributed by atoms with Crippen molar-refractivity contribution in [2.75, 3.05) is 6.61 Å². The number of ether oxygens (including phenoxy) is 2. The van der Waals surface area contributed by atoms with Crippen molar-refractivity contribution in [3.63, 3.8) is 0 Å². The van der Waals surface area contributed by atoms with Crippen molar-refractivity contribution >= 4 is 33.6 Å². The smallest absolute Gasteiger partial charge is 0.350 e. The maximum absolute atomic E-state index is 12.5. The number of aromatic nitrogens is 3. The summed E-state index contributed by atoms with van der Waals surface area (Å²) in [6, 6.07) is 11.7. The van der Waals surface area contributed by atoms with Crippen molar-refractivity contribution in [3.05, 3.63) is 76.0 Å². The third kappa shape index (κ3) is 4.72. The minimum absolute atomic E-state index is 0.216. The van der Waals surface area contributed by atoms with Crippen LogP contribution in [0.4, 0.5) is 0 Å². The summed E-state index contributed by atoms with van der Waals surface area (Å²) < 4.78 is 13.9. The summed E-state index contributed by atoms with van der Waals surface area (Å²) in [5.41, 5.74) is 3.47. The predicted molar refractivity (Wildman–Crippen MR) is 137 cm³/mol. The van der Waals surface area contributed by atoms with E-state index in [2.05, 4.69) is 37.6 Å². The molecular weight excluding hydrogens is 524 g/mol. The molecule has 186 valence electrons. The first kappa shape index (κ1) is 24.4. The van der Waals surface area contributed by atoms with E-state index in [1.165, 1.54) is 0 Å². The Morgan fingerprint density at radius 3 is 2.75 bits per heavy atom. The van der Waals surface area contributed by atoms with Crippen molar-refractivity contribution < 1.29 is 19.1 Å². The first-order valence-corrected chi connectivity index (χ1v) is 12.9. The zero-order valence-corrected chi connectivity index (χ0v) is 21.8. The number of carbonyl (C=O) groups excluding carboxylic acids is 2. The summed E-state index contributed by atoms with van der Waals surface area (Å²) in [4.78, 5) is 38.6.